The number of carbonyl (C=O) groups is 1. The number of anilines is 1. The topological polar surface area (TPSA) is 54.3 Å². The normalized spacial score (nSPS) is 12.0. The Balaban J connectivity index is 1.99. The molecule has 0 aliphatic rings. The van der Waals surface area contributed by atoms with E-state index in [0.29, 0.717) is 10.6 Å². The van der Waals surface area contributed by atoms with E-state index in [4.69, 9.17) is 16.0 Å². The van der Waals surface area contributed by atoms with E-state index in [0.717, 1.165) is 24.3 Å². The number of furan rings is 1. The predicted molar refractivity (Wildman–Crippen MR) is 85.0 cm³/mol. The molecule has 2 rings (SSSR count). The molecule has 2 N–H and O–H groups in total. The average Bonchev–Trinajstić information content (AvgIpc) is 3.00. The summed E-state index contributed by atoms with van der Waals surface area (Å²) in [6, 6.07) is 9.27. The van der Waals surface area contributed by atoms with E-state index in [1.807, 2.05) is 12.1 Å². The maximum Gasteiger partial charge on any atom is 0.251 e. The van der Waals surface area contributed by atoms with Crippen molar-refractivity contribution < 1.29 is 9.21 Å². The Bertz CT molecular complexity index is 596. The molecule has 4 nitrogen and oxygen atoms in total. The molecule has 1 atom stereocenters. The van der Waals surface area contributed by atoms with E-state index in [1.54, 1.807) is 31.5 Å². The SMILES string of the molecule is CNC(=O)c1ccc(Cl)c(NC(C)CCc2ccco2)c1. The Morgan fingerprint density at radius 3 is 2.86 bits per heavy atom. The molecule has 1 aromatic heterocycles. The van der Waals surface area contributed by atoms with E-state index in [9.17, 15) is 4.79 Å². The van der Waals surface area contributed by atoms with Crippen LogP contribution in [0.2, 0.25) is 5.02 Å². The van der Waals surface area contributed by atoms with E-state index < -0.39 is 0 Å². The van der Waals surface area contributed by atoms with Gasteiger partial charge in [-0.15, -0.1) is 0 Å². The first-order chi connectivity index (χ1) is 10.1. The molecule has 1 aromatic carbocycles. The van der Waals surface area contributed by atoms with Crippen LogP contribution in [0.5, 0.6) is 0 Å². The van der Waals surface area contributed by atoms with Crippen molar-refractivity contribution in [2.75, 3.05) is 12.4 Å². The first-order valence-corrected chi connectivity index (χ1v) is 7.28. The number of benzene rings is 1. The van der Waals surface area contributed by atoms with Crippen molar-refractivity contribution in [2.45, 2.75) is 25.8 Å². The fourth-order valence-corrected chi connectivity index (χ4v) is 2.24. The van der Waals surface area contributed by atoms with Crippen LogP contribution in [0.3, 0.4) is 0 Å². The maximum atomic E-state index is 11.6. The first kappa shape index (κ1) is 15.4. The molecule has 0 bridgehead atoms. The van der Waals surface area contributed by atoms with Gasteiger partial charge in [-0.25, -0.2) is 0 Å². The molecule has 1 amide bonds. The molecule has 112 valence electrons. The van der Waals surface area contributed by atoms with Gasteiger partial charge in [0.2, 0.25) is 0 Å². The lowest BCUT2D eigenvalue weighted by Crippen LogP contribution is -2.19. The van der Waals surface area contributed by atoms with Crippen LogP contribution >= 0.6 is 11.6 Å². The van der Waals surface area contributed by atoms with Gasteiger partial charge >= 0.3 is 0 Å². The van der Waals surface area contributed by atoms with Crippen LogP contribution in [0.1, 0.15) is 29.5 Å². The number of carbonyl (C=O) groups excluding carboxylic acids is 1. The quantitative estimate of drug-likeness (QED) is 0.855. The largest absolute Gasteiger partial charge is 0.469 e. The minimum atomic E-state index is -0.127. The van der Waals surface area contributed by atoms with Crippen LogP contribution < -0.4 is 10.6 Å². The van der Waals surface area contributed by atoms with Gasteiger partial charge in [0.05, 0.1) is 17.0 Å². The summed E-state index contributed by atoms with van der Waals surface area (Å²) in [6.07, 6.45) is 3.44. The highest BCUT2D eigenvalue weighted by atomic mass is 35.5. The monoisotopic (exact) mass is 306 g/mol. The Kier molecular flexibility index (Phi) is 5.28. The Morgan fingerprint density at radius 1 is 1.38 bits per heavy atom. The third-order valence-electron chi connectivity index (χ3n) is 3.26. The molecule has 0 aliphatic carbocycles. The van der Waals surface area contributed by atoms with Gasteiger partial charge < -0.3 is 15.1 Å². The van der Waals surface area contributed by atoms with Gasteiger partial charge in [-0.2, -0.15) is 0 Å². The van der Waals surface area contributed by atoms with Gasteiger partial charge in [-0.05, 0) is 43.7 Å². The molecular weight excluding hydrogens is 288 g/mol. The smallest absolute Gasteiger partial charge is 0.251 e. The molecule has 5 heteroatoms. The minimum absolute atomic E-state index is 0.127. The van der Waals surface area contributed by atoms with Gasteiger partial charge in [-0.1, -0.05) is 11.6 Å². The number of halogens is 1. The van der Waals surface area contributed by atoms with Gasteiger partial charge in [0.1, 0.15) is 5.76 Å². The molecule has 21 heavy (non-hydrogen) atoms. The van der Waals surface area contributed by atoms with Crippen molar-refractivity contribution >= 4 is 23.2 Å². The summed E-state index contributed by atoms with van der Waals surface area (Å²) in [5, 5.41) is 6.55. The summed E-state index contributed by atoms with van der Waals surface area (Å²) in [5.74, 6) is 0.840. The fraction of sp³-hybridized carbons (Fsp3) is 0.312. The lowest BCUT2D eigenvalue weighted by Gasteiger charge is -2.16. The Hall–Kier alpha value is -1.94. The Morgan fingerprint density at radius 2 is 2.19 bits per heavy atom. The summed E-state index contributed by atoms with van der Waals surface area (Å²) < 4.78 is 5.32. The Labute approximate surface area is 129 Å². The minimum Gasteiger partial charge on any atom is -0.469 e. The van der Waals surface area contributed by atoms with Crippen molar-refractivity contribution in [1.82, 2.24) is 5.32 Å². The highest BCUT2D eigenvalue weighted by Crippen LogP contribution is 2.24. The van der Waals surface area contributed by atoms with Crippen LogP contribution in [0.25, 0.3) is 0 Å². The van der Waals surface area contributed by atoms with Crippen molar-refractivity contribution in [2.24, 2.45) is 0 Å². The second-order valence-electron chi connectivity index (χ2n) is 4.94. The predicted octanol–water partition coefficient (Wildman–Crippen LogP) is 3.73. The highest BCUT2D eigenvalue weighted by Gasteiger charge is 2.10. The maximum absolute atomic E-state index is 11.6. The van der Waals surface area contributed by atoms with Crippen LogP contribution in [-0.4, -0.2) is 19.0 Å². The lowest BCUT2D eigenvalue weighted by atomic mass is 10.1. The van der Waals surface area contributed by atoms with Gasteiger partial charge in [0.15, 0.2) is 0 Å². The average molecular weight is 307 g/mol. The summed E-state index contributed by atoms with van der Waals surface area (Å²) >= 11 is 6.18. The number of aryl methyl sites for hydroxylation is 1. The molecule has 0 aliphatic heterocycles. The molecule has 0 saturated heterocycles. The van der Waals surface area contributed by atoms with Crippen LogP contribution in [0.4, 0.5) is 5.69 Å². The zero-order chi connectivity index (χ0) is 15.2. The fourth-order valence-electron chi connectivity index (χ4n) is 2.07. The number of hydrogen-bond acceptors (Lipinski definition) is 3. The number of amides is 1. The van der Waals surface area contributed by atoms with Crippen LogP contribution in [0, 0.1) is 0 Å². The molecule has 0 radical (unpaired) electrons. The molecular formula is C16H19ClN2O2. The molecule has 1 heterocycles. The summed E-state index contributed by atoms with van der Waals surface area (Å²) in [6.45, 7) is 2.08. The van der Waals surface area contributed by atoms with Crippen LogP contribution in [0.15, 0.2) is 41.0 Å². The molecule has 0 saturated carbocycles. The van der Waals surface area contributed by atoms with E-state index >= 15 is 0 Å². The zero-order valence-corrected chi connectivity index (χ0v) is 12.9. The van der Waals surface area contributed by atoms with Crippen molar-refractivity contribution in [3.05, 3.63) is 52.9 Å². The third kappa shape index (κ3) is 4.26. The molecule has 0 fully saturated rings. The summed E-state index contributed by atoms with van der Waals surface area (Å²) in [7, 11) is 1.61. The van der Waals surface area contributed by atoms with E-state index in [1.165, 1.54) is 0 Å². The summed E-state index contributed by atoms with van der Waals surface area (Å²) in [5.41, 5.74) is 1.35. The lowest BCUT2D eigenvalue weighted by molar-refractivity contribution is 0.0963. The standard InChI is InChI=1S/C16H19ClN2O2/c1-11(5-7-13-4-3-9-21-13)19-15-10-12(16(20)18-2)6-8-14(15)17/h3-4,6,8-11,19H,5,7H2,1-2H3,(H,18,20). The zero-order valence-electron chi connectivity index (χ0n) is 12.2. The van der Waals surface area contributed by atoms with Crippen molar-refractivity contribution in [3.8, 4) is 0 Å². The molecule has 1 unspecified atom stereocenters. The second-order valence-corrected chi connectivity index (χ2v) is 5.34. The molecule has 0 spiro atoms. The highest BCUT2D eigenvalue weighted by molar-refractivity contribution is 6.33. The van der Waals surface area contributed by atoms with Crippen LogP contribution in [-0.2, 0) is 6.42 Å². The second kappa shape index (κ2) is 7.18. The van der Waals surface area contributed by atoms with Crippen molar-refractivity contribution in [3.63, 3.8) is 0 Å². The van der Waals surface area contributed by atoms with Crippen molar-refractivity contribution in [1.29, 1.82) is 0 Å². The number of nitrogens with one attached hydrogen (secondary N) is 2. The first-order valence-electron chi connectivity index (χ1n) is 6.90. The van der Waals surface area contributed by atoms with Gasteiger partial charge in [0.25, 0.3) is 5.91 Å². The van der Waals surface area contributed by atoms with Gasteiger partial charge in [-0.3, -0.25) is 4.79 Å². The molecule has 2 aromatic rings. The number of hydrogen-bond donors (Lipinski definition) is 2. The third-order valence-corrected chi connectivity index (χ3v) is 3.59. The number of rotatable bonds is 6. The van der Waals surface area contributed by atoms with E-state index in [-0.39, 0.29) is 11.9 Å². The van der Waals surface area contributed by atoms with E-state index in [2.05, 4.69) is 17.6 Å². The van der Waals surface area contributed by atoms with Gasteiger partial charge in [0, 0.05) is 25.1 Å². The summed E-state index contributed by atoms with van der Waals surface area (Å²) in [4.78, 5) is 11.6.